The molecule has 1 saturated heterocycles. The van der Waals surface area contributed by atoms with Gasteiger partial charge in [0.15, 0.2) is 0 Å². The lowest BCUT2D eigenvalue weighted by Crippen LogP contribution is -2.19. The van der Waals surface area contributed by atoms with Crippen molar-refractivity contribution < 1.29 is 4.84 Å². The largest absolute Gasteiger partial charge is 0.762 e. The molecule has 4 heteroatoms. The number of rotatable bonds is 0. The van der Waals surface area contributed by atoms with E-state index in [9.17, 15) is 5.21 Å². The molecule has 0 saturated carbocycles. The van der Waals surface area contributed by atoms with Crippen LogP contribution in [0.1, 0.15) is 25.7 Å². The molecule has 4 nitrogen and oxygen atoms in total. The third-order valence-electron chi connectivity index (χ3n) is 1.93. The van der Waals surface area contributed by atoms with Crippen molar-refractivity contribution in [1.82, 2.24) is 10.5 Å². The van der Waals surface area contributed by atoms with Gasteiger partial charge in [-0.2, -0.15) is 0 Å². The molecular formula is C8H17N2O2-. The van der Waals surface area contributed by atoms with Crippen LogP contribution in [0.3, 0.4) is 0 Å². The van der Waals surface area contributed by atoms with Gasteiger partial charge in [0.1, 0.15) is 0 Å². The molecule has 1 aliphatic heterocycles. The van der Waals surface area contributed by atoms with Gasteiger partial charge in [0.05, 0.1) is 6.61 Å². The highest BCUT2D eigenvalue weighted by atomic mass is 16.9. The summed E-state index contributed by atoms with van der Waals surface area (Å²) in [7, 11) is 0. The van der Waals surface area contributed by atoms with Crippen molar-refractivity contribution in [3.8, 4) is 0 Å². The average molecular weight is 173 g/mol. The Morgan fingerprint density at radius 2 is 1.83 bits per heavy atom. The summed E-state index contributed by atoms with van der Waals surface area (Å²) >= 11 is 0. The Morgan fingerprint density at radius 1 is 1.08 bits per heavy atom. The van der Waals surface area contributed by atoms with E-state index in [1.165, 1.54) is 0 Å². The van der Waals surface area contributed by atoms with Crippen LogP contribution < -0.4 is 5.32 Å². The van der Waals surface area contributed by atoms with Crippen molar-refractivity contribution in [2.75, 3.05) is 26.2 Å². The van der Waals surface area contributed by atoms with E-state index in [1.807, 2.05) is 0 Å². The summed E-state index contributed by atoms with van der Waals surface area (Å²) in [6.07, 6.45) is 4.03. The lowest BCUT2D eigenvalue weighted by atomic mass is 10.3. The average Bonchev–Trinajstić information content (AvgIpc) is 2.11. The first kappa shape index (κ1) is 9.92. The number of nitrogens with one attached hydrogen (secondary N) is 1. The summed E-state index contributed by atoms with van der Waals surface area (Å²) in [6.45, 7) is 3.13. The number of nitrogens with zero attached hydrogens (tertiary/aromatic N) is 1. The van der Waals surface area contributed by atoms with E-state index in [1.54, 1.807) is 0 Å². The molecule has 0 spiro atoms. The molecule has 12 heavy (non-hydrogen) atoms. The molecule has 0 radical (unpaired) electrons. The molecule has 0 bridgehead atoms. The van der Waals surface area contributed by atoms with Crippen LogP contribution in [-0.4, -0.2) is 31.5 Å². The number of hydroxylamine groups is 2. The van der Waals surface area contributed by atoms with Gasteiger partial charge >= 0.3 is 0 Å². The van der Waals surface area contributed by atoms with Crippen LogP contribution in [0, 0.1) is 5.21 Å². The van der Waals surface area contributed by atoms with Gasteiger partial charge in [-0.25, -0.2) is 0 Å². The molecule has 1 heterocycles. The molecule has 0 unspecified atom stereocenters. The van der Waals surface area contributed by atoms with Gasteiger partial charge in [-0.05, 0) is 38.8 Å². The first-order chi connectivity index (χ1) is 5.89. The van der Waals surface area contributed by atoms with Crippen molar-refractivity contribution in [2.45, 2.75) is 25.7 Å². The summed E-state index contributed by atoms with van der Waals surface area (Å²) < 4.78 is 0. The Morgan fingerprint density at radius 3 is 2.67 bits per heavy atom. The van der Waals surface area contributed by atoms with Crippen LogP contribution in [0.2, 0.25) is 0 Å². The molecule has 72 valence electrons. The molecular weight excluding hydrogens is 156 g/mol. The van der Waals surface area contributed by atoms with Gasteiger partial charge in [0, 0.05) is 6.54 Å². The van der Waals surface area contributed by atoms with Gasteiger partial charge in [-0.3, -0.25) is 5.23 Å². The summed E-state index contributed by atoms with van der Waals surface area (Å²) in [6, 6.07) is 0. The van der Waals surface area contributed by atoms with Gasteiger partial charge in [0.25, 0.3) is 0 Å². The molecule has 0 aromatic carbocycles. The van der Waals surface area contributed by atoms with Crippen molar-refractivity contribution in [3.63, 3.8) is 0 Å². The molecule has 1 rings (SSSR count). The summed E-state index contributed by atoms with van der Waals surface area (Å²) in [5.74, 6) is 0. The summed E-state index contributed by atoms with van der Waals surface area (Å²) in [5.41, 5.74) is 0. The summed E-state index contributed by atoms with van der Waals surface area (Å²) in [5, 5.41) is 14.9. The second kappa shape index (κ2) is 6.37. The van der Waals surface area contributed by atoms with Crippen LogP contribution >= 0.6 is 0 Å². The normalized spacial score (nSPS) is 24.8. The van der Waals surface area contributed by atoms with Crippen molar-refractivity contribution in [1.29, 1.82) is 0 Å². The highest BCUT2D eigenvalue weighted by Gasteiger charge is 1.96. The lowest BCUT2D eigenvalue weighted by Gasteiger charge is -2.26. The Bertz CT molecular complexity index is 99.2. The zero-order valence-electron chi connectivity index (χ0n) is 7.42. The van der Waals surface area contributed by atoms with Crippen LogP contribution in [0.25, 0.3) is 0 Å². The van der Waals surface area contributed by atoms with E-state index < -0.39 is 0 Å². The van der Waals surface area contributed by atoms with Crippen LogP contribution in [0.15, 0.2) is 0 Å². The van der Waals surface area contributed by atoms with E-state index in [2.05, 4.69) is 5.32 Å². The van der Waals surface area contributed by atoms with Crippen molar-refractivity contribution in [2.24, 2.45) is 0 Å². The SMILES string of the molecule is [O-]N1CCCCNCCCCO1. The monoisotopic (exact) mass is 173 g/mol. The Balaban J connectivity index is 2.13. The van der Waals surface area contributed by atoms with Gasteiger partial charge in [0.2, 0.25) is 0 Å². The quantitative estimate of drug-likeness (QED) is 0.590. The summed E-state index contributed by atoms with van der Waals surface area (Å²) in [4.78, 5) is 4.92. The molecule has 0 aliphatic carbocycles. The van der Waals surface area contributed by atoms with Crippen molar-refractivity contribution in [3.05, 3.63) is 5.21 Å². The topological polar surface area (TPSA) is 47.6 Å². The molecule has 1 N–H and O–H groups in total. The molecule has 0 aromatic heterocycles. The predicted molar refractivity (Wildman–Crippen MR) is 47.4 cm³/mol. The van der Waals surface area contributed by atoms with E-state index in [0.29, 0.717) is 18.4 Å². The zero-order chi connectivity index (χ0) is 8.65. The minimum atomic E-state index is 0.502. The zero-order valence-corrected chi connectivity index (χ0v) is 7.42. The van der Waals surface area contributed by atoms with E-state index >= 15 is 0 Å². The maximum atomic E-state index is 10.9. The molecule has 1 fully saturated rings. The highest BCUT2D eigenvalue weighted by molar-refractivity contribution is 4.53. The maximum absolute atomic E-state index is 10.9. The Hall–Kier alpha value is -0.160. The molecule has 1 aliphatic rings. The van der Waals surface area contributed by atoms with E-state index in [4.69, 9.17) is 4.84 Å². The highest BCUT2D eigenvalue weighted by Crippen LogP contribution is 1.98. The van der Waals surface area contributed by atoms with Gasteiger partial charge in [-0.15, -0.1) is 0 Å². The molecule has 0 atom stereocenters. The number of hydrogen-bond acceptors (Lipinski definition) is 4. The van der Waals surface area contributed by atoms with Gasteiger partial charge < -0.3 is 15.4 Å². The van der Waals surface area contributed by atoms with Crippen molar-refractivity contribution >= 4 is 0 Å². The first-order valence-corrected chi connectivity index (χ1v) is 4.68. The fourth-order valence-corrected chi connectivity index (χ4v) is 1.20. The first-order valence-electron chi connectivity index (χ1n) is 4.68. The second-order valence-electron chi connectivity index (χ2n) is 3.05. The second-order valence-corrected chi connectivity index (χ2v) is 3.05. The van der Waals surface area contributed by atoms with Crippen LogP contribution in [-0.2, 0) is 4.84 Å². The molecule has 0 amide bonds. The minimum absolute atomic E-state index is 0.502. The van der Waals surface area contributed by atoms with E-state index in [0.717, 1.165) is 38.8 Å². The maximum Gasteiger partial charge on any atom is 0.0673 e. The predicted octanol–water partition coefficient (Wildman–Crippen LogP) is 0.881. The number of hydrogen-bond donors (Lipinski definition) is 1. The smallest absolute Gasteiger partial charge is 0.0673 e. The van der Waals surface area contributed by atoms with E-state index in [-0.39, 0.29) is 0 Å². The van der Waals surface area contributed by atoms with Crippen LogP contribution in [0.4, 0.5) is 0 Å². The Labute approximate surface area is 73.4 Å². The molecule has 0 aromatic rings. The Kier molecular flexibility index (Phi) is 5.27. The fourth-order valence-electron chi connectivity index (χ4n) is 1.20. The standard InChI is InChI=1S/C8H17N2O2/c11-10-7-3-1-5-9-6-2-4-8-12-10/h9H,1-8H2/q-1. The third-order valence-corrected chi connectivity index (χ3v) is 1.93. The minimum Gasteiger partial charge on any atom is -0.762 e. The third kappa shape index (κ3) is 4.66. The van der Waals surface area contributed by atoms with Gasteiger partial charge in [-0.1, -0.05) is 0 Å². The van der Waals surface area contributed by atoms with Crippen LogP contribution in [0.5, 0.6) is 0 Å². The lowest BCUT2D eigenvalue weighted by molar-refractivity contribution is -0.121. The fraction of sp³-hybridized carbons (Fsp3) is 1.00.